The third-order valence-corrected chi connectivity index (χ3v) is 4.91. The van der Waals surface area contributed by atoms with Gasteiger partial charge in [-0.3, -0.25) is 0 Å². The molecule has 11 heteroatoms. The van der Waals surface area contributed by atoms with Crippen molar-refractivity contribution in [3.05, 3.63) is 41.7 Å². The van der Waals surface area contributed by atoms with E-state index in [1.54, 1.807) is 16.9 Å². The highest BCUT2D eigenvalue weighted by molar-refractivity contribution is 5.99. The zero-order chi connectivity index (χ0) is 22.0. The van der Waals surface area contributed by atoms with E-state index < -0.39 is 11.7 Å². The summed E-state index contributed by atoms with van der Waals surface area (Å²) in [7, 11) is 1.36. The predicted octanol–water partition coefficient (Wildman–Crippen LogP) is 3.96. The molecule has 3 aromatic rings. The van der Waals surface area contributed by atoms with E-state index in [1.807, 2.05) is 12.1 Å². The molecule has 0 saturated carbocycles. The highest BCUT2D eigenvalue weighted by Crippen LogP contribution is 2.36. The van der Waals surface area contributed by atoms with Crippen LogP contribution in [0.1, 0.15) is 17.5 Å². The van der Waals surface area contributed by atoms with Crippen LogP contribution in [0, 0.1) is 11.3 Å². The molecule has 0 spiro atoms. The van der Waals surface area contributed by atoms with Crippen LogP contribution in [-0.4, -0.2) is 40.0 Å². The average molecular weight is 429 g/mol. The van der Waals surface area contributed by atoms with Gasteiger partial charge in [0.25, 0.3) is 0 Å². The van der Waals surface area contributed by atoms with Gasteiger partial charge in [-0.1, -0.05) is 12.1 Å². The standard InChI is InChI=1S/C20H18F3N7O/c1-25-18-15(20(21,22)23)11-26-19(29-18)28-16-3-2-13(12-4-8-31-9-5-12)17-14(16)10-27-30(17)7-6-24/h2-4,10-11H,5,7-9H2,1H3,(H2,25,26,28,29). The van der Waals surface area contributed by atoms with Gasteiger partial charge in [-0.15, -0.1) is 0 Å². The summed E-state index contributed by atoms with van der Waals surface area (Å²) < 4.78 is 46.3. The molecular weight excluding hydrogens is 411 g/mol. The summed E-state index contributed by atoms with van der Waals surface area (Å²) in [4.78, 5) is 7.78. The minimum absolute atomic E-state index is 0.00437. The number of nitrogens with one attached hydrogen (secondary N) is 2. The first kappa shape index (κ1) is 20.6. The Morgan fingerprint density at radius 3 is 2.81 bits per heavy atom. The molecule has 1 aliphatic rings. The monoisotopic (exact) mass is 429 g/mol. The lowest BCUT2D eigenvalue weighted by atomic mass is 9.98. The van der Waals surface area contributed by atoms with Gasteiger partial charge in [-0.2, -0.15) is 28.5 Å². The number of aromatic nitrogens is 4. The maximum Gasteiger partial charge on any atom is 0.421 e. The number of nitriles is 1. The number of hydrogen-bond donors (Lipinski definition) is 2. The Balaban J connectivity index is 1.77. The van der Waals surface area contributed by atoms with Crippen molar-refractivity contribution in [2.45, 2.75) is 19.1 Å². The highest BCUT2D eigenvalue weighted by Gasteiger charge is 2.35. The number of nitrogens with zero attached hydrogens (tertiary/aromatic N) is 5. The Bertz CT molecular complexity index is 1190. The van der Waals surface area contributed by atoms with Gasteiger partial charge in [0, 0.05) is 24.2 Å². The maximum atomic E-state index is 13.1. The fourth-order valence-electron chi connectivity index (χ4n) is 3.49. The van der Waals surface area contributed by atoms with Crippen LogP contribution in [0.25, 0.3) is 16.5 Å². The van der Waals surface area contributed by atoms with E-state index in [0.29, 0.717) is 24.3 Å². The lowest BCUT2D eigenvalue weighted by Gasteiger charge is -2.17. The summed E-state index contributed by atoms with van der Waals surface area (Å²) in [6, 6.07) is 5.78. The Morgan fingerprint density at radius 2 is 2.13 bits per heavy atom. The van der Waals surface area contributed by atoms with E-state index in [4.69, 9.17) is 4.74 Å². The molecule has 1 aliphatic heterocycles. The Hall–Kier alpha value is -3.65. The third kappa shape index (κ3) is 4.02. The van der Waals surface area contributed by atoms with Gasteiger partial charge in [0.05, 0.1) is 36.7 Å². The van der Waals surface area contributed by atoms with Crippen molar-refractivity contribution in [2.75, 3.05) is 30.9 Å². The first-order chi connectivity index (χ1) is 14.9. The van der Waals surface area contributed by atoms with Gasteiger partial charge in [-0.05, 0) is 18.1 Å². The summed E-state index contributed by atoms with van der Waals surface area (Å²) in [6.07, 6.45) is 0.502. The lowest BCUT2D eigenvalue weighted by molar-refractivity contribution is -0.137. The van der Waals surface area contributed by atoms with Crippen molar-refractivity contribution in [1.82, 2.24) is 19.7 Å². The smallest absolute Gasteiger partial charge is 0.377 e. The molecule has 0 saturated heterocycles. The minimum atomic E-state index is -4.57. The topological polar surface area (TPSA) is 101 Å². The van der Waals surface area contributed by atoms with Gasteiger partial charge >= 0.3 is 6.18 Å². The van der Waals surface area contributed by atoms with E-state index in [9.17, 15) is 18.4 Å². The molecule has 4 rings (SSSR count). The minimum Gasteiger partial charge on any atom is -0.377 e. The second-order valence-electron chi connectivity index (χ2n) is 6.77. The molecule has 2 N–H and O–H groups in total. The summed E-state index contributed by atoms with van der Waals surface area (Å²) in [5, 5.41) is 19.6. The molecule has 31 heavy (non-hydrogen) atoms. The van der Waals surface area contributed by atoms with Crippen LogP contribution in [0.15, 0.2) is 30.6 Å². The van der Waals surface area contributed by atoms with E-state index in [-0.39, 0.29) is 18.3 Å². The zero-order valence-corrected chi connectivity index (χ0v) is 16.5. The summed E-state index contributed by atoms with van der Waals surface area (Å²) in [5.74, 6) is -0.324. The lowest BCUT2D eigenvalue weighted by Crippen LogP contribution is -2.12. The number of benzene rings is 1. The fraction of sp³-hybridized carbons (Fsp3) is 0.300. The van der Waals surface area contributed by atoms with Gasteiger partial charge in [0.2, 0.25) is 5.95 Å². The van der Waals surface area contributed by atoms with Gasteiger partial charge in [-0.25, -0.2) is 9.67 Å². The van der Waals surface area contributed by atoms with Crippen molar-refractivity contribution in [3.8, 4) is 6.07 Å². The number of halogens is 3. The van der Waals surface area contributed by atoms with Gasteiger partial charge in [0.15, 0.2) is 0 Å². The summed E-state index contributed by atoms with van der Waals surface area (Å²) in [6.45, 7) is 1.17. The van der Waals surface area contributed by atoms with Crippen molar-refractivity contribution < 1.29 is 17.9 Å². The number of ether oxygens (including phenoxy) is 1. The van der Waals surface area contributed by atoms with Gasteiger partial charge < -0.3 is 15.4 Å². The molecule has 0 bridgehead atoms. The molecule has 0 aliphatic carbocycles. The second-order valence-corrected chi connectivity index (χ2v) is 6.77. The van der Waals surface area contributed by atoms with Crippen molar-refractivity contribution in [1.29, 1.82) is 5.26 Å². The van der Waals surface area contributed by atoms with Crippen LogP contribution in [0.3, 0.4) is 0 Å². The normalized spacial score (nSPS) is 14.2. The van der Waals surface area contributed by atoms with Crippen LogP contribution < -0.4 is 10.6 Å². The second kappa shape index (κ2) is 8.23. The Kier molecular flexibility index (Phi) is 5.48. The zero-order valence-electron chi connectivity index (χ0n) is 16.5. The number of alkyl halides is 3. The Labute approximate surface area is 175 Å². The summed E-state index contributed by atoms with van der Waals surface area (Å²) in [5.41, 5.74) is 2.39. The quantitative estimate of drug-likeness (QED) is 0.633. The molecule has 8 nitrogen and oxygen atoms in total. The molecule has 0 unspecified atom stereocenters. The number of hydrogen-bond acceptors (Lipinski definition) is 7. The largest absolute Gasteiger partial charge is 0.421 e. The summed E-state index contributed by atoms with van der Waals surface area (Å²) >= 11 is 0. The van der Waals surface area contributed by atoms with Crippen LogP contribution in [-0.2, 0) is 17.5 Å². The molecule has 160 valence electrons. The highest BCUT2D eigenvalue weighted by atomic mass is 19.4. The van der Waals surface area contributed by atoms with E-state index in [2.05, 4.69) is 31.8 Å². The molecular formula is C20H18F3N7O. The van der Waals surface area contributed by atoms with Crippen LogP contribution in [0.5, 0.6) is 0 Å². The van der Waals surface area contributed by atoms with Crippen LogP contribution in [0.4, 0.5) is 30.6 Å². The first-order valence-corrected chi connectivity index (χ1v) is 9.44. The fourth-order valence-corrected chi connectivity index (χ4v) is 3.49. The van der Waals surface area contributed by atoms with E-state index in [0.717, 1.165) is 29.3 Å². The number of rotatable bonds is 5. The van der Waals surface area contributed by atoms with Gasteiger partial charge in [0.1, 0.15) is 17.9 Å². The molecule has 0 amide bonds. The molecule has 3 heterocycles. The van der Waals surface area contributed by atoms with E-state index >= 15 is 0 Å². The van der Waals surface area contributed by atoms with Crippen LogP contribution in [0.2, 0.25) is 0 Å². The van der Waals surface area contributed by atoms with Crippen LogP contribution >= 0.6 is 0 Å². The molecule has 2 aromatic heterocycles. The van der Waals surface area contributed by atoms with E-state index in [1.165, 1.54) is 7.05 Å². The molecule has 1 aromatic carbocycles. The SMILES string of the molecule is CNc1nc(Nc2ccc(C3=CCOCC3)c3c2cnn3CC#N)ncc1C(F)(F)F. The predicted molar refractivity (Wildman–Crippen MR) is 109 cm³/mol. The maximum absolute atomic E-state index is 13.1. The Morgan fingerprint density at radius 1 is 1.29 bits per heavy atom. The van der Waals surface area contributed by atoms with Crippen molar-refractivity contribution in [3.63, 3.8) is 0 Å². The first-order valence-electron chi connectivity index (χ1n) is 9.44. The number of anilines is 3. The molecule has 0 fully saturated rings. The third-order valence-electron chi connectivity index (χ3n) is 4.91. The average Bonchev–Trinajstić information content (AvgIpc) is 3.18. The van der Waals surface area contributed by atoms with Crippen molar-refractivity contribution >= 4 is 33.9 Å². The van der Waals surface area contributed by atoms with Crippen molar-refractivity contribution in [2.24, 2.45) is 0 Å². The molecule has 0 radical (unpaired) electrons. The molecule has 0 atom stereocenters. The number of fused-ring (bicyclic) bond motifs is 1.